The number of para-hydroxylation sites is 2. The van der Waals surface area contributed by atoms with Gasteiger partial charge < -0.3 is 0 Å². The first kappa shape index (κ1) is 30.4. The lowest BCUT2D eigenvalue weighted by Crippen LogP contribution is -2.20. The van der Waals surface area contributed by atoms with Gasteiger partial charge in [0, 0.05) is 75.7 Å². The van der Waals surface area contributed by atoms with Gasteiger partial charge in [-0.05, 0) is 74.2 Å². The predicted octanol–water partition coefficient (Wildman–Crippen LogP) is 7.98. The molecule has 0 radical (unpaired) electrons. The molecule has 0 saturated carbocycles. The number of aliphatic imine (C=N–C) groups is 2. The number of pyridine rings is 5. The summed E-state index contributed by atoms with van der Waals surface area (Å²) in [6.45, 7) is 0. The molecule has 1 unspecified atom stereocenters. The van der Waals surface area contributed by atoms with Crippen molar-refractivity contribution in [2.75, 3.05) is 0 Å². The molecule has 0 saturated heterocycles. The Morgan fingerprint density at radius 1 is 0.692 bits per heavy atom. The molecule has 9 nitrogen and oxygen atoms in total. The fourth-order valence-electron chi connectivity index (χ4n) is 7.42. The van der Waals surface area contributed by atoms with Crippen LogP contribution in [-0.4, -0.2) is 52.1 Å². The molecular weight excluding hydrogens is 643 g/mol. The van der Waals surface area contributed by atoms with E-state index < -0.39 is 0 Å². The fraction of sp³-hybridized carbons (Fsp3) is 0.163. The van der Waals surface area contributed by atoms with Crippen molar-refractivity contribution < 1.29 is 0 Å². The average molecular weight is 676 g/mol. The van der Waals surface area contributed by atoms with Crippen molar-refractivity contribution in [3.63, 3.8) is 0 Å². The summed E-state index contributed by atoms with van der Waals surface area (Å²) in [5.74, 6) is 1.65. The van der Waals surface area contributed by atoms with Gasteiger partial charge in [-0.25, -0.2) is 14.5 Å². The average Bonchev–Trinajstić information content (AvgIpc) is 3.80. The van der Waals surface area contributed by atoms with Crippen molar-refractivity contribution in [3.05, 3.63) is 156 Å². The van der Waals surface area contributed by atoms with Crippen LogP contribution in [0.3, 0.4) is 0 Å². The topological polar surface area (TPSA) is 106 Å². The van der Waals surface area contributed by atoms with E-state index in [1.807, 2.05) is 59.5 Å². The molecule has 9 heteroatoms. The van der Waals surface area contributed by atoms with Crippen LogP contribution in [0, 0.1) is 0 Å². The normalized spacial score (nSPS) is 16.6. The SMILES string of the molecule is C1=C(/c2cnc3c(ccn4nc(CCc5ccc6ccccc6n5)nc34)c2)c2ncccc2C2=NC(CCc3ccc4ccccc4n3)=NC2CC/1. The predicted molar refractivity (Wildman–Crippen MR) is 206 cm³/mol. The monoisotopic (exact) mass is 675 g/mol. The van der Waals surface area contributed by atoms with Crippen LogP contribution in [-0.2, 0) is 19.3 Å². The number of nitrogens with zero attached hydrogens (tertiary/aromatic N) is 9. The number of aromatic nitrogens is 7. The number of aryl methyl sites for hydroxylation is 3. The molecule has 10 rings (SSSR count). The first-order valence-electron chi connectivity index (χ1n) is 17.9. The quantitative estimate of drug-likeness (QED) is 0.170. The molecule has 0 N–H and O–H groups in total. The van der Waals surface area contributed by atoms with Crippen LogP contribution in [0.5, 0.6) is 0 Å². The standard InChI is InChI=1S/C43H33N9/c1-3-11-35-27(7-1)14-16-31(46-35)18-20-38-48-37-13-5-9-33(41-34(42(37)49-38)10-6-23-44-41)30-25-29-22-24-52-43(40(29)45-26-30)50-39(51-52)21-19-32-17-15-28-8-2-4-12-36(28)47-32/h1-4,6-12,14-17,22-26,37H,5,13,18-21H2/b33-9-. The highest BCUT2D eigenvalue weighted by atomic mass is 15.3. The summed E-state index contributed by atoms with van der Waals surface area (Å²) in [5, 5.41) is 8.07. The zero-order valence-corrected chi connectivity index (χ0v) is 28.4. The number of fused-ring (bicyclic) bond motifs is 8. The minimum absolute atomic E-state index is 0.0162. The third-order valence-corrected chi connectivity index (χ3v) is 10.0. The summed E-state index contributed by atoms with van der Waals surface area (Å²) in [7, 11) is 0. The zero-order valence-electron chi connectivity index (χ0n) is 28.4. The number of benzene rings is 2. The van der Waals surface area contributed by atoms with E-state index in [4.69, 9.17) is 40.0 Å². The Labute approximate surface area is 299 Å². The molecule has 0 amide bonds. The van der Waals surface area contributed by atoms with Crippen molar-refractivity contribution >= 4 is 55.5 Å². The van der Waals surface area contributed by atoms with Crippen LogP contribution in [0.1, 0.15) is 53.3 Å². The lowest BCUT2D eigenvalue weighted by Gasteiger charge is -2.19. The summed E-state index contributed by atoms with van der Waals surface area (Å²) in [6, 6.07) is 33.3. The molecule has 1 aliphatic heterocycles. The van der Waals surface area contributed by atoms with Gasteiger partial charge in [0.25, 0.3) is 0 Å². The summed E-state index contributed by atoms with van der Waals surface area (Å²) < 4.78 is 1.83. The highest BCUT2D eigenvalue weighted by Gasteiger charge is 2.29. The number of rotatable bonds is 7. The van der Waals surface area contributed by atoms with E-state index in [2.05, 4.69) is 66.7 Å². The minimum atomic E-state index is 0.0162. The molecule has 8 aromatic rings. The molecule has 0 spiro atoms. The second kappa shape index (κ2) is 12.7. The molecule has 1 atom stereocenters. The third-order valence-electron chi connectivity index (χ3n) is 10.0. The largest absolute Gasteiger partial charge is 0.261 e. The first-order valence-corrected chi connectivity index (χ1v) is 17.9. The van der Waals surface area contributed by atoms with Crippen LogP contribution in [0.4, 0.5) is 0 Å². The number of allylic oxidation sites excluding steroid dienone is 1. The summed E-state index contributed by atoms with van der Waals surface area (Å²) in [4.78, 5) is 34.7. The number of hydrogen-bond donors (Lipinski definition) is 0. The van der Waals surface area contributed by atoms with E-state index in [9.17, 15) is 0 Å². The lowest BCUT2D eigenvalue weighted by molar-refractivity contribution is 0.772. The van der Waals surface area contributed by atoms with E-state index in [1.54, 1.807) is 0 Å². The Hall–Kier alpha value is -6.48. The minimum Gasteiger partial charge on any atom is -0.261 e. The van der Waals surface area contributed by atoms with Crippen molar-refractivity contribution in [1.82, 2.24) is 34.5 Å². The number of hydrogen-bond acceptors (Lipinski definition) is 8. The van der Waals surface area contributed by atoms with Gasteiger partial charge in [-0.1, -0.05) is 54.6 Å². The van der Waals surface area contributed by atoms with Gasteiger partial charge in [-0.2, -0.15) is 5.10 Å². The maximum Gasteiger partial charge on any atom is 0.181 e. The third kappa shape index (κ3) is 5.60. The van der Waals surface area contributed by atoms with Crippen molar-refractivity contribution in [2.45, 2.75) is 44.6 Å². The van der Waals surface area contributed by atoms with Crippen molar-refractivity contribution in [1.29, 1.82) is 0 Å². The molecule has 2 aromatic carbocycles. The van der Waals surface area contributed by atoms with Gasteiger partial charge in [-0.15, -0.1) is 0 Å². The zero-order chi connectivity index (χ0) is 34.4. The van der Waals surface area contributed by atoms with E-state index >= 15 is 0 Å². The van der Waals surface area contributed by atoms with Gasteiger partial charge in [0.05, 0.1) is 28.5 Å². The Morgan fingerprint density at radius 3 is 2.27 bits per heavy atom. The van der Waals surface area contributed by atoms with Gasteiger partial charge in [0.15, 0.2) is 11.5 Å². The van der Waals surface area contributed by atoms with Gasteiger partial charge in [0.1, 0.15) is 11.4 Å². The molecule has 52 heavy (non-hydrogen) atoms. The maximum absolute atomic E-state index is 5.13. The van der Waals surface area contributed by atoms with Crippen molar-refractivity contribution in [3.8, 4) is 0 Å². The summed E-state index contributed by atoms with van der Waals surface area (Å²) in [6.07, 6.45) is 12.8. The fourth-order valence-corrected chi connectivity index (χ4v) is 7.42. The smallest absolute Gasteiger partial charge is 0.181 e. The molecule has 250 valence electrons. The highest BCUT2D eigenvalue weighted by molar-refractivity contribution is 6.16. The Kier molecular flexibility index (Phi) is 7.41. The summed E-state index contributed by atoms with van der Waals surface area (Å²) >= 11 is 0. The van der Waals surface area contributed by atoms with Crippen molar-refractivity contribution in [2.24, 2.45) is 9.98 Å². The van der Waals surface area contributed by atoms with E-state index in [1.165, 1.54) is 0 Å². The lowest BCUT2D eigenvalue weighted by atomic mass is 9.89. The highest BCUT2D eigenvalue weighted by Crippen LogP contribution is 2.33. The molecular formula is C43H33N9. The molecule has 6 aromatic heterocycles. The van der Waals surface area contributed by atoms with Gasteiger partial charge >= 0.3 is 0 Å². The first-order chi connectivity index (χ1) is 25.7. The molecule has 0 fully saturated rings. The van der Waals surface area contributed by atoms with Crippen LogP contribution in [0.25, 0.3) is 43.9 Å². The second-order valence-electron chi connectivity index (χ2n) is 13.4. The van der Waals surface area contributed by atoms with E-state index in [-0.39, 0.29) is 6.04 Å². The van der Waals surface area contributed by atoms with Crippen LogP contribution in [0.2, 0.25) is 0 Å². The van der Waals surface area contributed by atoms with E-state index in [0.29, 0.717) is 6.42 Å². The Balaban J connectivity index is 0.907. The molecule has 2 aliphatic rings. The Bertz CT molecular complexity index is 2780. The number of amidine groups is 1. The van der Waals surface area contributed by atoms with Crippen LogP contribution in [0.15, 0.2) is 132 Å². The van der Waals surface area contributed by atoms with E-state index in [0.717, 1.165) is 122 Å². The Morgan fingerprint density at radius 2 is 1.46 bits per heavy atom. The van der Waals surface area contributed by atoms with Gasteiger partial charge in [0.2, 0.25) is 0 Å². The van der Waals surface area contributed by atoms with Crippen LogP contribution >= 0.6 is 0 Å². The van der Waals surface area contributed by atoms with Gasteiger partial charge in [-0.3, -0.25) is 24.9 Å². The maximum atomic E-state index is 5.13. The molecule has 1 aliphatic carbocycles. The molecule has 0 bridgehead atoms. The second-order valence-corrected chi connectivity index (χ2v) is 13.4. The molecule has 7 heterocycles. The summed E-state index contributed by atoms with van der Waals surface area (Å²) in [5.41, 5.74) is 10.7. The van der Waals surface area contributed by atoms with Crippen LogP contribution < -0.4 is 0 Å².